The highest BCUT2D eigenvalue weighted by molar-refractivity contribution is 5.95. The molecule has 228 valence electrons. The SMILES string of the molecule is CC(=O)N[C@H](C(=O)N(C)[C@@H](Cc1ccc(O)cc1)C(=O)N[C@@H](CC(C)C)C(=O)N[C@@H](CCC(N)=O)C(N)=O)C(C)C. The standard InChI is InChI=1S/C28H44N6O7/c1-15(2)13-21(26(39)32-20(25(30)38)11-12-23(29)37)33-27(40)22(14-18-7-9-19(36)10-8-18)34(6)28(41)24(16(3)4)31-17(5)35/h7-10,15-16,20-22,24,36H,11-14H2,1-6H3,(H2,29,37)(H2,30,38)(H,31,35)(H,32,39)(H,33,40)/t20-,21-,22-,24-/m0/s1. The molecule has 1 aromatic carbocycles. The van der Waals surface area contributed by atoms with E-state index in [1.54, 1.807) is 26.0 Å². The zero-order valence-corrected chi connectivity index (χ0v) is 24.6. The molecule has 0 spiro atoms. The van der Waals surface area contributed by atoms with Crippen molar-refractivity contribution in [2.75, 3.05) is 7.05 Å². The zero-order valence-electron chi connectivity index (χ0n) is 24.6. The summed E-state index contributed by atoms with van der Waals surface area (Å²) in [6, 6.07) is 1.83. The van der Waals surface area contributed by atoms with E-state index in [4.69, 9.17) is 11.5 Å². The molecule has 1 rings (SSSR count). The molecule has 6 amide bonds. The molecule has 0 unspecified atom stereocenters. The number of carbonyl (C=O) groups excluding carboxylic acids is 6. The lowest BCUT2D eigenvalue weighted by atomic mass is 9.98. The van der Waals surface area contributed by atoms with E-state index in [0.29, 0.717) is 5.56 Å². The minimum absolute atomic E-state index is 0.0266. The van der Waals surface area contributed by atoms with Crippen LogP contribution in [0.25, 0.3) is 0 Å². The van der Waals surface area contributed by atoms with Crippen LogP contribution in [0.15, 0.2) is 24.3 Å². The molecule has 13 heteroatoms. The van der Waals surface area contributed by atoms with Crippen molar-refractivity contribution in [3.8, 4) is 5.75 Å². The summed E-state index contributed by atoms with van der Waals surface area (Å²) >= 11 is 0. The highest BCUT2D eigenvalue weighted by atomic mass is 16.3. The Labute approximate surface area is 240 Å². The molecule has 41 heavy (non-hydrogen) atoms. The van der Waals surface area contributed by atoms with Crippen LogP contribution in [0.4, 0.5) is 0 Å². The Hall–Kier alpha value is -4.16. The molecule has 0 aliphatic heterocycles. The largest absolute Gasteiger partial charge is 0.508 e. The Kier molecular flexibility index (Phi) is 13.8. The lowest BCUT2D eigenvalue weighted by Crippen LogP contribution is -2.59. The number of nitrogens with one attached hydrogen (secondary N) is 3. The fourth-order valence-electron chi connectivity index (χ4n) is 4.18. The van der Waals surface area contributed by atoms with Gasteiger partial charge in [0.25, 0.3) is 0 Å². The number of phenolic OH excluding ortho intramolecular Hbond substituents is 1. The van der Waals surface area contributed by atoms with Crippen molar-refractivity contribution in [2.45, 2.75) is 84.5 Å². The van der Waals surface area contributed by atoms with E-state index < -0.39 is 59.6 Å². The number of nitrogens with zero attached hydrogens (tertiary/aromatic N) is 1. The molecule has 0 aliphatic rings. The molecule has 0 saturated carbocycles. The smallest absolute Gasteiger partial charge is 0.245 e. The first-order valence-electron chi connectivity index (χ1n) is 13.5. The number of benzene rings is 1. The molecule has 13 nitrogen and oxygen atoms in total. The third-order valence-corrected chi connectivity index (χ3v) is 6.45. The Balaban J connectivity index is 3.34. The summed E-state index contributed by atoms with van der Waals surface area (Å²) in [6.45, 7) is 8.50. The second-order valence-electron chi connectivity index (χ2n) is 10.9. The molecule has 0 saturated heterocycles. The van der Waals surface area contributed by atoms with Gasteiger partial charge >= 0.3 is 0 Å². The minimum Gasteiger partial charge on any atom is -0.508 e. The van der Waals surface area contributed by atoms with E-state index >= 15 is 0 Å². The maximum atomic E-state index is 13.7. The highest BCUT2D eigenvalue weighted by Crippen LogP contribution is 2.17. The number of likely N-dealkylation sites (N-methyl/N-ethyl adjacent to an activating group) is 1. The average Bonchev–Trinajstić information content (AvgIpc) is 2.87. The van der Waals surface area contributed by atoms with Crippen LogP contribution in [0, 0.1) is 11.8 Å². The van der Waals surface area contributed by atoms with Crippen LogP contribution >= 0.6 is 0 Å². The predicted molar refractivity (Wildman–Crippen MR) is 152 cm³/mol. The van der Waals surface area contributed by atoms with Gasteiger partial charge in [0.15, 0.2) is 0 Å². The summed E-state index contributed by atoms with van der Waals surface area (Å²) in [5.74, 6) is -4.06. The number of nitrogens with two attached hydrogens (primary N) is 2. The van der Waals surface area contributed by atoms with Crippen molar-refractivity contribution in [1.29, 1.82) is 0 Å². The Bertz CT molecular complexity index is 1090. The van der Waals surface area contributed by atoms with E-state index in [2.05, 4.69) is 16.0 Å². The number of hydrogen-bond acceptors (Lipinski definition) is 7. The molecule has 0 radical (unpaired) electrons. The maximum absolute atomic E-state index is 13.7. The number of amides is 6. The van der Waals surface area contributed by atoms with E-state index in [9.17, 15) is 33.9 Å². The van der Waals surface area contributed by atoms with Crippen LogP contribution < -0.4 is 27.4 Å². The van der Waals surface area contributed by atoms with Crippen molar-refractivity contribution in [3.05, 3.63) is 29.8 Å². The number of primary amides is 2. The highest BCUT2D eigenvalue weighted by Gasteiger charge is 2.35. The van der Waals surface area contributed by atoms with Gasteiger partial charge in [-0.05, 0) is 42.4 Å². The third-order valence-electron chi connectivity index (χ3n) is 6.45. The van der Waals surface area contributed by atoms with Crippen LogP contribution in [0.5, 0.6) is 5.75 Å². The van der Waals surface area contributed by atoms with Gasteiger partial charge in [-0.2, -0.15) is 0 Å². The summed E-state index contributed by atoms with van der Waals surface area (Å²) in [4.78, 5) is 76.5. The number of aromatic hydroxyl groups is 1. The van der Waals surface area contributed by atoms with Crippen LogP contribution in [-0.4, -0.2) is 76.7 Å². The van der Waals surface area contributed by atoms with E-state index in [0.717, 1.165) is 0 Å². The molecule has 0 fully saturated rings. The van der Waals surface area contributed by atoms with Crippen LogP contribution in [0.1, 0.15) is 59.4 Å². The number of phenols is 1. The van der Waals surface area contributed by atoms with E-state index in [1.165, 1.54) is 31.0 Å². The molecule has 0 aromatic heterocycles. The Morgan fingerprint density at radius 1 is 0.878 bits per heavy atom. The molecule has 4 atom stereocenters. The predicted octanol–water partition coefficient (Wildman–Crippen LogP) is -0.311. The Morgan fingerprint density at radius 3 is 1.90 bits per heavy atom. The fraction of sp³-hybridized carbons (Fsp3) is 0.571. The van der Waals surface area contributed by atoms with Gasteiger partial charge < -0.3 is 37.4 Å². The average molecular weight is 577 g/mol. The van der Waals surface area contributed by atoms with Crippen molar-refractivity contribution in [2.24, 2.45) is 23.3 Å². The van der Waals surface area contributed by atoms with Gasteiger partial charge in [-0.3, -0.25) is 28.8 Å². The lowest BCUT2D eigenvalue weighted by Gasteiger charge is -2.33. The van der Waals surface area contributed by atoms with Crippen LogP contribution in [0.2, 0.25) is 0 Å². The van der Waals surface area contributed by atoms with Gasteiger partial charge in [0.1, 0.15) is 29.9 Å². The summed E-state index contributed by atoms with van der Waals surface area (Å²) < 4.78 is 0. The van der Waals surface area contributed by atoms with Gasteiger partial charge in [-0.15, -0.1) is 0 Å². The number of hydrogen-bond donors (Lipinski definition) is 6. The van der Waals surface area contributed by atoms with Gasteiger partial charge in [-0.25, -0.2) is 0 Å². The molecule has 0 bridgehead atoms. The number of rotatable bonds is 16. The zero-order chi connectivity index (χ0) is 31.4. The summed E-state index contributed by atoms with van der Waals surface area (Å²) in [6.07, 6.45) is -0.0397. The first kappa shape index (κ1) is 34.9. The normalized spacial score (nSPS) is 14.0. The summed E-state index contributed by atoms with van der Waals surface area (Å²) in [5, 5.41) is 17.5. The minimum atomic E-state index is -1.18. The second-order valence-corrected chi connectivity index (χ2v) is 10.9. The van der Waals surface area contributed by atoms with Crippen molar-refractivity contribution >= 4 is 35.4 Å². The van der Waals surface area contributed by atoms with Gasteiger partial charge in [-0.1, -0.05) is 39.8 Å². The van der Waals surface area contributed by atoms with Crippen molar-refractivity contribution < 1.29 is 33.9 Å². The van der Waals surface area contributed by atoms with Gasteiger partial charge in [0.2, 0.25) is 35.4 Å². The summed E-state index contributed by atoms with van der Waals surface area (Å²) in [7, 11) is 1.44. The summed E-state index contributed by atoms with van der Waals surface area (Å²) in [5.41, 5.74) is 11.2. The van der Waals surface area contributed by atoms with Crippen molar-refractivity contribution in [3.63, 3.8) is 0 Å². The first-order valence-corrected chi connectivity index (χ1v) is 13.5. The lowest BCUT2D eigenvalue weighted by molar-refractivity contribution is -0.143. The quantitative estimate of drug-likeness (QED) is 0.154. The van der Waals surface area contributed by atoms with Crippen molar-refractivity contribution in [1.82, 2.24) is 20.9 Å². The topological polar surface area (TPSA) is 214 Å². The monoisotopic (exact) mass is 576 g/mol. The molecule has 1 aromatic rings. The van der Waals surface area contributed by atoms with Gasteiger partial charge in [0.05, 0.1) is 0 Å². The molecular weight excluding hydrogens is 532 g/mol. The van der Waals surface area contributed by atoms with Crippen LogP contribution in [-0.2, 0) is 35.2 Å². The third kappa shape index (κ3) is 11.9. The van der Waals surface area contributed by atoms with E-state index in [-0.39, 0.29) is 43.3 Å². The molecule has 0 aliphatic carbocycles. The van der Waals surface area contributed by atoms with E-state index in [1.807, 2.05) is 13.8 Å². The second kappa shape index (κ2) is 16.2. The molecule has 0 heterocycles. The molecule has 8 N–H and O–H groups in total. The van der Waals surface area contributed by atoms with Gasteiger partial charge in [0, 0.05) is 26.8 Å². The fourth-order valence-corrected chi connectivity index (χ4v) is 4.18. The van der Waals surface area contributed by atoms with Crippen LogP contribution in [0.3, 0.4) is 0 Å². The molecular formula is C28H44N6O7. The first-order chi connectivity index (χ1) is 19.0. The Morgan fingerprint density at radius 2 is 1.44 bits per heavy atom. The maximum Gasteiger partial charge on any atom is 0.245 e. The number of carbonyl (C=O) groups is 6.